The molecule has 0 aromatic heterocycles. The molecule has 1 aliphatic heterocycles. The smallest absolute Gasteiger partial charge is 0.0910 e. The first kappa shape index (κ1) is 7.03. The maximum Gasteiger partial charge on any atom is 0.0910 e. The highest BCUT2D eigenvalue weighted by atomic mass is 16.5. The maximum atomic E-state index is 9.19. The Morgan fingerprint density at radius 2 is 2.33 bits per heavy atom. The summed E-state index contributed by atoms with van der Waals surface area (Å²) in [6, 6.07) is 0. The highest BCUT2D eigenvalue weighted by Crippen LogP contribution is 2.27. The van der Waals surface area contributed by atoms with Gasteiger partial charge in [0.25, 0.3) is 0 Å². The van der Waals surface area contributed by atoms with E-state index in [0.29, 0.717) is 0 Å². The molecule has 0 aromatic rings. The number of hydrogen-bond donors (Lipinski definition) is 1. The minimum Gasteiger partial charge on any atom is -0.390 e. The van der Waals surface area contributed by atoms with Crippen LogP contribution in [0, 0.1) is 0 Å². The Hall–Kier alpha value is -0.0800. The molecule has 54 valence electrons. The van der Waals surface area contributed by atoms with Crippen LogP contribution in [-0.4, -0.2) is 23.4 Å². The van der Waals surface area contributed by atoms with Crippen molar-refractivity contribution in [3.8, 4) is 0 Å². The number of rotatable bonds is 1. The fourth-order valence-corrected chi connectivity index (χ4v) is 1.13. The quantitative estimate of drug-likeness (QED) is 0.572. The molecule has 0 amide bonds. The Morgan fingerprint density at radius 3 is 2.56 bits per heavy atom. The molecule has 0 spiro atoms. The van der Waals surface area contributed by atoms with E-state index in [1.54, 1.807) is 6.92 Å². The Balaban J connectivity index is 2.51. The van der Waals surface area contributed by atoms with Crippen LogP contribution in [0.25, 0.3) is 0 Å². The van der Waals surface area contributed by atoms with Gasteiger partial charge >= 0.3 is 0 Å². The van der Waals surface area contributed by atoms with Gasteiger partial charge in [0.05, 0.1) is 11.7 Å². The molecule has 2 atom stereocenters. The fourth-order valence-electron chi connectivity index (χ4n) is 1.13. The summed E-state index contributed by atoms with van der Waals surface area (Å²) in [6.07, 6.45) is 1.74. The molecule has 1 fully saturated rings. The summed E-state index contributed by atoms with van der Waals surface area (Å²) in [7, 11) is 0. The Morgan fingerprint density at radius 1 is 1.67 bits per heavy atom. The van der Waals surface area contributed by atoms with Crippen molar-refractivity contribution in [2.75, 3.05) is 6.61 Å². The lowest BCUT2D eigenvalue weighted by Gasteiger charge is -2.25. The molecule has 2 nitrogen and oxygen atoms in total. The zero-order valence-corrected chi connectivity index (χ0v) is 6.05. The van der Waals surface area contributed by atoms with Crippen molar-refractivity contribution in [3.63, 3.8) is 0 Å². The molecule has 0 aliphatic carbocycles. The van der Waals surface area contributed by atoms with Gasteiger partial charge in [-0.3, -0.25) is 0 Å². The lowest BCUT2D eigenvalue weighted by atomic mass is 9.97. The van der Waals surface area contributed by atoms with Gasteiger partial charge in [-0.25, -0.2) is 0 Å². The highest BCUT2D eigenvalue weighted by Gasteiger charge is 2.34. The molecule has 0 bridgehead atoms. The monoisotopic (exact) mass is 130 g/mol. The summed E-state index contributed by atoms with van der Waals surface area (Å²) in [5.74, 6) is 0. The molecule has 1 heterocycles. The summed E-state index contributed by atoms with van der Waals surface area (Å²) >= 11 is 0. The van der Waals surface area contributed by atoms with Crippen LogP contribution in [0.4, 0.5) is 0 Å². The van der Waals surface area contributed by atoms with E-state index in [1.807, 2.05) is 6.92 Å². The van der Waals surface area contributed by atoms with Gasteiger partial charge in [0.2, 0.25) is 0 Å². The number of aliphatic hydroxyl groups excluding tert-OH is 1. The summed E-state index contributed by atoms with van der Waals surface area (Å²) in [4.78, 5) is 0. The predicted octanol–water partition coefficient (Wildman–Crippen LogP) is 0.936. The Labute approximate surface area is 55.8 Å². The molecular formula is C7H14O2. The second-order valence-corrected chi connectivity index (χ2v) is 2.94. The lowest BCUT2D eigenvalue weighted by Crippen LogP contribution is -2.36. The van der Waals surface area contributed by atoms with Gasteiger partial charge in [0.1, 0.15) is 0 Å². The maximum absolute atomic E-state index is 9.19. The second kappa shape index (κ2) is 2.27. The van der Waals surface area contributed by atoms with Gasteiger partial charge in [0, 0.05) is 6.61 Å². The lowest BCUT2D eigenvalue weighted by molar-refractivity contribution is -0.0691. The summed E-state index contributed by atoms with van der Waals surface area (Å²) in [5, 5.41) is 9.19. The van der Waals surface area contributed by atoms with Gasteiger partial charge in [0.15, 0.2) is 0 Å². The minimum atomic E-state index is -0.333. The Kier molecular flexibility index (Phi) is 1.78. The third-order valence-electron chi connectivity index (χ3n) is 2.13. The van der Waals surface area contributed by atoms with Crippen molar-refractivity contribution < 1.29 is 9.84 Å². The van der Waals surface area contributed by atoms with Crippen LogP contribution in [-0.2, 0) is 4.74 Å². The normalized spacial score (nSPS) is 39.0. The minimum absolute atomic E-state index is 0.250. The molecule has 0 saturated carbocycles. The van der Waals surface area contributed by atoms with Crippen LogP contribution < -0.4 is 0 Å². The third kappa shape index (κ3) is 1.25. The molecule has 9 heavy (non-hydrogen) atoms. The predicted molar refractivity (Wildman–Crippen MR) is 35.3 cm³/mol. The van der Waals surface area contributed by atoms with Crippen LogP contribution in [0.15, 0.2) is 0 Å². The standard InChI is InChI=1S/C7H14O2/c1-6(8)7(2)4-3-5-9-7/h6,8H,3-5H2,1-2H3/t6-,7+/m0/s1. The molecule has 1 N–H and O–H groups in total. The van der Waals surface area contributed by atoms with Crippen LogP contribution >= 0.6 is 0 Å². The number of aliphatic hydroxyl groups is 1. The zero-order valence-electron chi connectivity index (χ0n) is 6.05. The van der Waals surface area contributed by atoms with Gasteiger partial charge in [-0.05, 0) is 26.7 Å². The van der Waals surface area contributed by atoms with Crippen molar-refractivity contribution in [3.05, 3.63) is 0 Å². The average molecular weight is 130 g/mol. The van der Waals surface area contributed by atoms with E-state index < -0.39 is 0 Å². The van der Waals surface area contributed by atoms with E-state index in [2.05, 4.69) is 0 Å². The van der Waals surface area contributed by atoms with Gasteiger partial charge in [-0.15, -0.1) is 0 Å². The van der Waals surface area contributed by atoms with Crippen LogP contribution in [0.3, 0.4) is 0 Å². The first-order chi connectivity index (χ1) is 4.15. The molecular weight excluding hydrogens is 116 g/mol. The second-order valence-electron chi connectivity index (χ2n) is 2.94. The van der Waals surface area contributed by atoms with Crippen molar-refractivity contribution in [1.29, 1.82) is 0 Å². The average Bonchev–Trinajstić information content (AvgIpc) is 2.16. The zero-order chi connectivity index (χ0) is 6.91. The van der Waals surface area contributed by atoms with E-state index in [9.17, 15) is 5.11 Å². The summed E-state index contributed by atoms with van der Waals surface area (Å²) in [6.45, 7) is 4.55. The highest BCUT2D eigenvalue weighted by molar-refractivity contribution is 4.84. The first-order valence-corrected chi connectivity index (χ1v) is 3.47. The molecule has 2 heteroatoms. The van der Waals surface area contributed by atoms with Crippen molar-refractivity contribution in [2.45, 2.75) is 38.4 Å². The SMILES string of the molecule is C[C@H](O)[C@@]1(C)CCCO1. The van der Waals surface area contributed by atoms with Crippen LogP contribution in [0.2, 0.25) is 0 Å². The van der Waals surface area contributed by atoms with E-state index >= 15 is 0 Å². The van der Waals surface area contributed by atoms with E-state index in [0.717, 1.165) is 19.4 Å². The molecule has 0 unspecified atom stereocenters. The van der Waals surface area contributed by atoms with Crippen LogP contribution in [0.1, 0.15) is 26.7 Å². The van der Waals surface area contributed by atoms with Crippen molar-refractivity contribution >= 4 is 0 Å². The van der Waals surface area contributed by atoms with Crippen molar-refractivity contribution in [2.24, 2.45) is 0 Å². The third-order valence-corrected chi connectivity index (χ3v) is 2.13. The van der Waals surface area contributed by atoms with Crippen LogP contribution in [0.5, 0.6) is 0 Å². The molecule has 1 rings (SSSR count). The van der Waals surface area contributed by atoms with Gasteiger partial charge in [-0.2, -0.15) is 0 Å². The number of hydrogen-bond acceptors (Lipinski definition) is 2. The Bertz CT molecular complexity index is 93.1. The fraction of sp³-hybridized carbons (Fsp3) is 1.00. The molecule has 1 saturated heterocycles. The molecule has 0 radical (unpaired) electrons. The topological polar surface area (TPSA) is 29.5 Å². The summed E-state index contributed by atoms with van der Waals surface area (Å²) in [5.41, 5.74) is -0.250. The largest absolute Gasteiger partial charge is 0.390 e. The van der Waals surface area contributed by atoms with E-state index in [-0.39, 0.29) is 11.7 Å². The number of ether oxygens (including phenoxy) is 1. The van der Waals surface area contributed by atoms with E-state index in [1.165, 1.54) is 0 Å². The summed E-state index contributed by atoms with van der Waals surface area (Å²) < 4.78 is 5.35. The molecule has 0 aromatic carbocycles. The van der Waals surface area contributed by atoms with E-state index in [4.69, 9.17) is 4.74 Å². The van der Waals surface area contributed by atoms with Gasteiger partial charge < -0.3 is 9.84 Å². The van der Waals surface area contributed by atoms with Gasteiger partial charge in [-0.1, -0.05) is 0 Å². The molecule has 1 aliphatic rings. The van der Waals surface area contributed by atoms with Crippen molar-refractivity contribution in [1.82, 2.24) is 0 Å². The first-order valence-electron chi connectivity index (χ1n) is 3.47.